The maximum absolute atomic E-state index is 11.5. The van der Waals surface area contributed by atoms with E-state index in [0.717, 1.165) is 17.7 Å². The van der Waals surface area contributed by atoms with Crippen molar-refractivity contribution in [2.45, 2.75) is 24.0 Å². The molecule has 1 aliphatic rings. The smallest absolute Gasteiger partial charge is 0.273 e. The van der Waals surface area contributed by atoms with Crippen LogP contribution in [-0.2, 0) is 10.0 Å². The Balaban J connectivity index is 2.14. The molecule has 102 valence electrons. The third-order valence-electron chi connectivity index (χ3n) is 2.86. The second-order valence-corrected chi connectivity index (χ2v) is 6.67. The number of sulfonamides is 1. The molecule has 1 saturated carbocycles. The molecule has 9 heteroatoms. The van der Waals surface area contributed by atoms with Crippen molar-refractivity contribution in [1.82, 2.24) is 14.8 Å². The average Bonchev–Trinajstić information content (AvgIpc) is 2.92. The number of hydrogen-bond donors (Lipinski definition) is 1. The van der Waals surface area contributed by atoms with Crippen molar-refractivity contribution in [2.24, 2.45) is 5.14 Å². The van der Waals surface area contributed by atoms with E-state index in [1.807, 2.05) is 5.38 Å². The summed E-state index contributed by atoms with van der Waals surface area (Å²) >= 11 is 1.43. The fourth-order valence-electron chi connectivity index (χ4n) is 1.84. The first-order valence-corrected chi connectivity index (χ1v) is 8.04. The van der Waals surface area contributed by atoms with Crippen molar-refractivity contribution in [3.63, 3.8) is 0 Å². The van der Waals surface area contributed by atoms with E-state index in [1.165, 1.54) is 11.3 Å². The summed E-state index contributed by atoms with van der Waals surface area (Å²) in [5.74, 6) is 1.24. The third-order valence-corrected chi connectivity index (χ3v) is 4.55. The third kappa shape index (κ3) is 2.24. The number of hydrogen-bond acceptors (Lipinski definition) is 6. The first kappa shape index (κ1) is 12.6. The minimum Gasteiger partial charge on any atom is -0.496 e. The zero-order chi connectivity index (χ0) is 13.6. The molecule has 1 fully saturated rings. The van der Waals surface area contributed by atoms with Gasteiger partial charge in [-0.3, -0.25) is 4.57 Å². The molecule has 1 aliphatic carbocycles. The van der Waals surface area contributed by atoms with E-state index in [2.05, 4.69) is 10.2 Å². The molecule has 0 spiro atoms. The second-order valence-electron chi connectivity index (χ2n) is 4.30. The second kappa shape index (κ2) is 4.29. The van der Waals surface area contributed by atoms with Crippen molar-refractivity contribution >= 4 is 21.4 Å². The van der Waals surface area contributed by atoms with Crippen LogP contribution in [0.3, 0.4) is 0 Å². The summed E-state index contributed by atoms with van der Waals surface area (Å²) < 4.78 is 29.8. The fraction of sp³-hybridized carbons (Fsp3) is 0.400. The van der Waals surface area contributed by atoms with Crippen LogP contribution in [0.1, 0.15) is 18.9 Å². The van der Waals surface area contributed by atoms with Gasteiger partial charge in [-0.2, -0.15) is 0 Å². The highest BCUT2D eigenvalue weighted by Crippen LogP contribution is 2.41. The lowest BCUT2D eigenvalue weighted by molar-refractivity contribution is 0.417. The van der Waals surface area contributed by atoms with Crippen molar-refractivity contribution in [1.29, 1.82) is 0 Å². The molecule has 2 aromatic heterocycles. The Morgan fingerprint density at radius 3 is 2.74 bits per heavy atom. The van der Waals surface area contributed by atoms with E-state index in [9.17, 15) is 8.42 Å². The lowest BCUT2D eigenvalue weighted by Crippen LogP contribution is -2.18. The minimum atomic E-state index is -3.86. The van der Waals surface area contributed by atoms with Gasteiger partial charge in [0.1, 0.15) is 5.75 Å². The van der Waals surface area contributed by atoms with Crippen LogP contribution in [0, 0.1) is 0 Å². The van der Waals surface area contributed by atoms with Gasteiger partial charge in [0.25, 0.3) is 15.2 Å². The predicted octanol–water partition coefficient (Wildman–Crippen LogP) is 0.997. The Labute approximate surface area is 114 Å². The summed E-state index contributed by atoms with van der Waals surface area (Å²) in [6.45, 7) is 0. The topological polar surface area (TPSA) is 100 Å². The van der Waals surface area contributed by atoms with Gasteiger partial charge in [0.2, 0.25) is 0 Å². The fourth-order valence-corrected chi connectivity index (χ4v) is 3.34. The summed E-state index contributed by atoms with van der Waals surface area (Å²) in [6.07, 6.45) is 1.83. The predicted molar refractivity (Wildman–Crippen MR) is 69.5 cm³/mol. The minimum absolute atomic E-state index is 0.117. The Hall–Kier alpha value is -1.45. The molecule has 3 rings (SSSR count). The maximum Gasteiger partial charge on any atom is 0.273 e. The summed E-state index contributed by atoms with van der Waals surface area (Å²) in [5.41, 5.74) is 0. The highest BCUT2D eigenvalue weighted by molar-refractivity contribution is 7.89. The van der Waals surface area contributed by atoms with Gasteiger partial charge in [0.05, 0.1) is 12.0 Å². The molecule has 0 radical (unpaired) electrons. The van der Waals surface area contributed by atoms with E-state index >= 15 is 0 Å². The zero-order valence-corrected chi connectivity index (χ0v) is 11.7. The Morgan fingerprint density at radius 1 is 1.47 bits per heavy atom. The number of ether oxygens (including phenoxy) is 1. The van der Waals surface area contributed by atoms with Crippen LogP contribution < -0.4 is 9.88 Å². The molecule has 0 atom stereocenters. The van der Waals surface area contributed by atoms with Gasteiger partial charge in [-0.1, -0.05) is 0 Å². The molecule has 0 amide bonds. The molecule has 0 aliphatic heterocycles. The lowest BCUT2D eigenvalue weighted by atomic mass is 10.4. The average molecular weight is 300 g/mol. The van der Waals surface area contributed by atoms with Gasteiger partial charge in [-0.25, -0.2) is 13.6 Å². The molecular formula is C10H12N4O3S2. The Kier molecular flexibility index (Phi) is 2.84. The molecule has 0 saturated heterocycles. The Morgan fingerprint density at radius 2 is 2.21 bits per heavy atom. The van der Waals surface area contributed by atoms with Crippen LogP contribution in [0.15, 0.2) is 16.6 Å². The van der Waals surface area contributed by atoms with E-state index in [-0.39, 0.29) is 11.2 Å². The highest BCUT2D eigenvalue weighted by Gasteiger charge is 2.33. The van der Waals surface area contributed by atoms with Crippen molar-refractivity contribution < 1.29 is 13.2 Å². The quantitative estimate of drug-likeness (QED) is 0.907. The number of primary sulfonamides is 1. The molecule has 0 unspecified atom stereocenters. The van der Waals surface area contributed by atoms with Crippen LogP contribution in [0.4, 0.5) is 0 Å². The molecule has 19 heavy (non-hydrogen) atoms. The highest BCUT2D eigenvalue weighted by atomic mass is 32.2. The summed E-state index contributed by atoms with van der Waals surface area (Å²) in [5, 5.41) is 14.5. The van der Waals surface area contributed by atoms with Crippen LogP contribution in [-0.4, -0.2) is 30.3 Å². The molecule has 0 aromatic carbocycles. The van der Waals surface area contributed by atoms with Crippen LogP contribution in [0.2, 0.25) is 0 Å². The monoisotopic (exact) mass is 300 g/mol. The zero-order valence-electron chi connectivity index (χ0n) is 10.1. The summed E-state index contributed by atoms with van der Waals surface area (Å²) in [6, 6.07) is 1.92. The number of rotatable bonds is 4. The van der Waals surface area contributed by atoms with Gasteiger partial charge in [-0.05, 0) is 12.8 Å². The molecule has 2 heterocycles. The van der Waals surface area contributed by atoms with E-state index < -0.39 is 10.0 Å². The molecule has 0 bridgehead atoms. The summed E-state index contributed by atoms with van der Waals surface area (Å²) in [7, 11) is -2.29. The Bertz CT molecular complexity index is 715. The van der Waals surface area contributed by atoms with Crippen LogP contribution in [0.5, 0.6) is 5.75 Å². The largest absolute Gasteiger partial charge is 0.496 e. The maximum atomic E-state index is 11.5. The molecule has 2 aromatic rings. The van der Waals surface area contributed by atoms with Gasteiger partial charge < -0.3 is 4.74 Å². The molecule has 7 nitrogen and oxygen atoms in total. The number of methoxy groups -OCH3 is 1. The lowest BCUT2D eigenvalue weighted by Gasteiger charge is -2.05. The first-order chi connectivity index (χ1) is 9.00. The van der Waals surface area contributed by atoms with Crippen LogP contribution in [0.25, 0.3) is 10.7 Å². The number of thiophene rings is 1. The molecule has 2 N–H and O–H groups in total. The van der Waals surface area contributed by atoms with Crippen LogP contribution >= 0.6 is 11.3 Å². The van der Waals surface area contributed by atoms with Crippen molar-refractivity contribution in [3.8, 4) is 16.5 Å². The van der Waals surface area contributed by atoms with Gasteiger partial charge >= 0.3 is 0 Å². The van der Waals surface area contributed by atoms with Crippen molar-refractivity contribution in [3.05, 3.63) is 11.4 Å². The number of nitrogens with two attached hydrogens (primary N) is 1. The molecular weight excluding hydrogens is 288 g/mol. The summed E-state index contributed by atoms with van der Waals surface area (Å²) in [4.78, 5) is 0.811. The van der Waals surface area contributed by atoms with Gasteiger partial charge in [0, 0.05) is 17.5 Å². The van der Waals surface area contributed by atoms with E-state index in [4.69, 9.17) is 9.88 Å². The van der Waals surface area contributed by atoms with E-state index in [0.29, 0.717) is 11.6 Å². The standard InChI is InChI=1S/C10H12N4O3S2/c1-17-7-4-8(18-5-7)9-12-13-10(19(11,15)16)14(9)6-2-3-6/h4-6H,2-3H2,1H3,(H2,11,15,16). The van der Waals surface area contributed by atoms with E-state index in [1.54, 1.807) is 17.7 Å². The van der Waals surface area contributed by atoms with Gasteiger partial charge in [-0.15, -0.1) is 21.5 Å². The first-order valence-electron chi connectivity index (χ1n) is 5.61. The van der Waals surface area contributed by atoms with Gasteiger partial charge in [0.15, 0.2) is 5.82 Å². The number of aromatic nitrogens is 3. The normalized spacial score (nSPS) is 15.7. The van der Waals surface area contributed by atoms with Crippen molar-refractivity contribution in [2.75, 3.05) is 7.11 Å². The number of nitrogens with zero attached hydrogens (tertiary/aromatic N) is 3. The SMILES string of the molecule is COc1csc(-c2nnc(S(N)(=O)=O)n2C2CC2)c1.